The van der Waals surface area contributed by atoms with Gasteiger partial charge in [0, 0.05) is 18.7 Å². The molecule has 0 amide bonds. The molecule has 0 saturated heterocycles. The molecule has 2 N–H and O–H groups in total. The fraction of sp³-hybridized carbons (Fsp3) is 0.400. The van der Waals surface area contributed by atoms with Gasteiger partial charge in [-0.3, -0.25) is 4.90 Å². The van der Waals surface area contributed by atoms with Crippen molar-refractivity contribution in [2.24, 2.45) is 5.73 Å². The number of methoxy groups -OCH3 is 1. The van der Waals surface area contributed by atoms with Gasteiger partial charge in [0.2, 0.25) is 0 Å². The van der Waals surface area contributed by atoms with Crippen molar-refractivity contribution in [3.63, 3.8) is 0 Å². The van der Waals surface area contributed by atoms with E-state index in [0.29, 0.717) is 13.2 Å². The Morgan fingerprint density at radius 3 is 2.46 bits per heavy atom. The van der Waals surface area contributed by atoms with Gasteiger partial charge in [-0.1, -0.05) is 49.4 Å². The molecule has 0 aliphatic heterocycles. The number of para-hydroxylation sites is 1. The van der Waals surface area contributed by atoms with Crippen LogP contribution >= 0.6 is 0 Å². The van der Waals surface area contributed by atoms with E-state index in [2.05, 4.69) is 49.2 Å². The number of nitrogens with zero attached hydrogens (tertiary/aromatic N) is 1. The van der Waals surface area contributed by atoms with Gasteiger partial charge in [-0.05, 0) is 25.1 Å². The average Bonchev–Trinajstić information content (AvgIpc) is 2.61. The fourth-order valence-corrected chi connectivity index (χ4v) is 2.84. The summed E-state index contributed by atoms with van der Waals surface area (Å²) in [6, 6.07) is 16.5. The Bertz CT molecular complexity index is 616. The van der Waals surface area contributed by atoms with Gasteiger partial charge < -0.3 is 15.2 Å². The first-order chi connectivity index (χ1) is 11.7. The Hall–Kier alpha value is -2.04. The van der Waals surface area contributed by atoms with Crippen LogP contribution in [0.15, 0.2) is 48.5 Å². The molecule has 0 spiro atoms. The van der Waals surface area contributed by atoms with Gasteiger partial charge in [0.1, 0.15) is 0 Å². The molecule has 1 atom stereocenters. The molecule has 0 aromatic heterocycles. The number of rotatable bonds is 9. The van der Waals surface area contributed by atoms with E-state index in [9.17, 15) is 0 Å². The summed E-state index contributed by atoms with van der Waals surface area (Å²) >= 11 is 0. The molecule has 0 saturated carbocycles. The highest BCUT2D eigenvalue weighted by Crippen LogP contribution is 2.37. The van der Waals surface area contributed by atoms with Crippen molar-refractivity contribution in [1.29, 1.82) is 0 Å². The smallest absolute Gasteiger partial charge is 0.165 e. The van der Waals surface area contributed by atoms with E-state index < -0.39 is 0 Å². The van der Waals surface area contributed by atoms with E-state index in [-0.39, 0.29) is 6.04 Å². The van der Waals surface area contributed by atoms with Crippen LogP contribution in [0.4, 0.5) is 0 Å². The third-order valence-corrected chi connectivity index (χ3v) is 4.07. The minimum Gasteiger partial charge on any atom is -0.493 e. The standard InChI is InChI=1S/C20H28N2O2/c1-4-13-24-20-17(11-8-12-19(20)23-3)18(14-21)22(2)15-16-9-6-5-7-10-16/h5-12,18H,4,13-15,21H2,1-3H3. The maximum Gasteiger partial charge on any atom is 0.165 e. The average molecular weight is 328 g/mol. The molecule has 0 aliphatic rings. The van der Waals surface area contributed by atoms with Gasteiger partial charge in [0.25, 0.3) is 0 Å². The molecule has 2 rings (SSSR count). The molecule has 0 heterocycles. The lowest BCUT2D eigenvalue weighted by Gasteiger charge is -2.29. The summed E-state index contributed by atoms with van der Waals surface area (Å²) in [5, 5.41) is 0. The van der Waals surface area contributed by atoms with Gasteiger partial charge in [-0.2, -0.15) is 0 Å². The zero-order valence-corrected chi connectivity index (χ0v) is 14.9. The number of benzene rings is 2. The van der Waals surface area contributed by atoms with Gasteiger partial charge in [-0.25, -0.2) is 0 Å². The summed E-state index contributed by atoms with van der Waals surface area (Å²) < 4.78 is 11.5. The molecule has 130 valence electrons. The monoisotopic (exact) mass is 328 g/mol. The SMILES string of the molecule is CCCOc1c(OC)cccc1C(CN)N(C)Cc1ccccc1. The Labute approximate surface area is 145 Å². The fourth-order valence-electron chi connectivity index (χ4n) is 2.84. The third kappa shape index (κ3) is 4.49. The van der Waals surface area contributed by atoms with E-state index in [1.807, 2.05) is 18.2 Å². The lowest BCUT2D eigenvalue weighted by molar-refractivity contribution is 0.227. The van der Waals surface area contributed by atoms with Crippen LogP contribution in [-0.4, -0.2) is 32.2 Å². The molecular formula is C20H28N2O2. The quantitative estimate of drug-likeness (QED) is 0.764. The minimum absolute atomic E-state index is 0.0622. The van der Waals surface area contributed by atoms with Gasteiger partial charge >= 0.3 is 0 Å². The maximum absolute atomic E-state index is 6.11. The van der Waals surface area contributed by atoms with Crippen molar-refractivity contribution in [2.45, 2.75) is 25.9 Å². The van der Waals surface area contributed by atoms with Crippen molar-refractivity contribution < 1.29 is 9.47 Å². The van der Waals surface area contributed by atoms with E-state index >= 15 is 0 Å². The Morgan fingerprint density at radius 1 is 1.08 bits per heavy atom. The zero-order valence-electron chi connectivity index (χ0n) is 14.9. The molecule has 0 fully saturated rings. The summed E-state index contributed by atoms with van der Waals surface area (Å²) in [5.41, 5.74) is 8.44. The van der Waals surface area contributed by atoms with Crippen LogP contribution in [0.25, 0.3) is 0 Å². The van der Waals surface area contributed by atoms with Crippen LogP contribution in [0.3, 0.4) is 0 Å². The summed E-state index contributed by atoms with van der Waals surface area (Å²) in [4.78, 5) is 2.25. The van der Waals surface area contributed by atoms with Gasteiger partial charge in [0.05, 0.1) is 19.8 Å². The zero-order chi connectivity index (χ0) is 17.4. The Balaban J connectivity index is 2.28. The highest BCUT2D eigenvalue weighted by molar-refractivity contribution is 5.48. The largest absolute Gasteiger partial charge is 0.493 e. The topological polar surface area (TPSA) is 47.7 Å². The Morgan fingerprint density at radius 2 is 1.83 bits per heavy atom. The first-order valence-corrected chi connectivity index (χ1v) is 8.45. The molecule has 24 heavy (non-hydrogen) atoms. The highest BCUT2D eigenvalue weighted by Gasteiger charge is 2.22. The van der Waals surface area contributed by atoms with Crippen LogP contribution in [0.5, 0.6) is 11.5 Å². The lowest BCUT2D eigenvalue weighted by Crippen LogP contribution is -2.30. The maximum atomic E-state index is 6.11. The van der Waals surface area contributed by atoms with Gasteiger partial charge in [0.15, 0.2) is 11.5 Å². The molecule has 2 aromatic rings. The minimum atomic E-state index is 0.0622. The number of hydrogen-bond acceptors (Lipinski definition) is 4. The van der Waals surface area contributed by atoms with E-state index in [1.165, 1.54) is 5.56 Å². The second-order valence-corrected chi connectivity index (χ2v) is 5.88. The van der Waals surface area contributed by atoms with Crippen molar-refractivity contribution in [3.05, 3.63) is 59.7 Å². The summed E-state index contributed by atoms with van der Waals surface area (Å²) in [6.45, 7) is 4.09. The highest BCUT2D eigenvalue weighted by atomic mass is 16.5. The second-order valence-electron chi connectivity index (χ2n) is 5.88. The first-order valence-electron chi connectivity index (χ1n) is 8.45. The van der Waals surface area contributed by atoms with Crippen LogP contribution in [0.1, 0.15) is 30.5 Å². The third-order valence-electron chi connectivity index (χ3n) is 4.07. The molecular weight excluding hydrogens is 300 g/mol. The van der Waals surface area contributed by atoms with Crippen molar-refractivity contribution in [1.82, 2.24) is 4.90 Å². The van der Waals surface area contributed by atoms with Crippen molar-refractivity contribution in [2.75, 3.05) is 27.3 Å². The van der Waals surface area contributed by atoms with E-state index in [0.717, 1.165) is 30.0 Å². The molecule has 4 heteroatoms. The molecule has 2 aromatic carbocycles. The van der Waals surface area contributed by atoms with Crippen LogP contribution in [0, 0.1) is 0 Å². The summed E-state index contributed by atoms with van der Waals surface area (Å²) in [6.07, 6.45) is 0.949. The number of nitrogens with two attached hydrogens (primary N) is 1. The Kier molecular flexibility index (Phi) is 7.09. The normalized spacial score (nSPS) is 12.2. The molecule has 4 nitrogen and oxygen atoms in total. The molecule has 0 aliphatic carbocycles. The summed E-state index contributed by atoms with van der Waals surface area (Å²) in [7, 11) is 3.76. The first kappa shape index (κ1) is 18.3. The van der Waals surface area contributed by atoms with Crippen LogP contribution < -0.4 is 15.2 Å². The predicted octanol–water partition coefficient (Wildman–Crippen LogP) is 3.62. The molecule has 0 bridgehead atoms. The van der Waals surface area contributed by atoms with E-state index in [1.54, 1.807) is 7.11 Å². The number of hydrogen-bond donors (Lipinski definition) is 1. The predicted molar refractivity (Wildman–Crippen MR) is 98.5 cm³/mol. The van der Waals surface area contributed by atoms with E-state index in [4.69, 9.17) is 15.2 Å². The van der Waals surface area contributed by atoms with Crippen molar-refractivity contribution >= 4 is 0 Å². The van der Waals surface area contributed by atoms with Crippen LogP contribution in [-0.2, 0) is 6.54 Å². The second kappa shape index (κ2) is 9.30. The molecule has 0 radical (unpaired) electrons. The molecule has 1 unspecified atom stereocenters. The lowest BCUT2D eigenvalue weighted by atomic mass is 10.0. The summed E-state index contributed by atoms with van der Waals surface area (Å²) in [5.74, 6) is 1.56. The van der Waals surface area contributed by atoms with Crippen LogP contribution in [0.2, 0.25) is 0 Å². The van der Waals surface area contributed by atoms with Crippen molar-refractivity contribution in [3.8, 4) is 11.5 Å². The number of ether oxygens (including phenoxy) is 2. The van der Waals surface area contributed by atoms with Gasteiger partial charge in [-0.15, -0.1) is 0 Å². The number of likely N-dealkylation sites (N-methyl/N-ethyl adjacent to an activating group) is 1.